The maximum absolute atomic E-state index is 13.5. The van der Waals surface area contributed by atoms with E-state index < -0.39 is 11.7 Å². The second-order valence-electron chi connectivity index (χ2n) is 7.26. The molecule has 4 rings (SSSR count). The summed E-state index contributed by atoms with van der Waals surface area (Å²) in [5.74, 6) is -0.314. The van der Waals surface area contributed by atoms with Crippen molar-refractivity contribution in [3.8, 4) is 5.69 Å². The quantitative estimate of drug-likeness (QED) is 0.383. The maximum Gasteiger partial charge on any atom is 0.416 e. The van der Waals surface area contributed by atoms with Crippen LogP contribution in [0.4, 0.5) is 17.6 Å². The predicted molar refractivity (Wildman–Crippen MR) is 113 cm³/mol. The lowest BCUT2D eigenvalue weighted by Gasteiger charge is -2.13. The van der Waals surface area contributed by atoms with Crippen LogP contribution < -0.4 is 5.32 Å². The fraction of sp³-hybridized carbons (Fsp3) is 0.125. The topological polar surface area (TPSA) is 29.9 Å². The lowest BCUT2D eigenvalue weighted by Crippen LogP contribution is -2.12. The number of benzene rings is 3. The average molecular weight is 425 g/mol. The van der Waals surface area contributed by atoms with Crippen molar-refractivity contribution in [1.82, 2.24) is 15.1 Å². The molecule has 0 aliphatic rings. The van der Waals surface area contributed by atoms with Crippen LogP contribution in [-0.2, 0) is 12.7 Å². The minimum Gasteiger partial charge on any atom is -0.381 e. The van der Waals surface area contributed by atoms with E-state index in [4.69, 9.17) is 0 Å². The Bertz CT molecular complexity index is 1270. The van der Waals surface area contributed by atoms with E-state index in [2.05, 4.69) is 17.0 Å². The predicted octanol–water partition coefficient (Wildman–Crippen LogP) is 6.25. The number of nitrogens with one attached hydrogen (secondary N) is 1. The lowest BCUT2D eigenvalue weighted by molar-refractivity contribution is -0.137. The summed E-state index contributed by atoms with van der Waals surface area (Å²) >= 11 is 0. The van der Waals surface area contributed by atoms with Gasteiger partial charge in [-0.05, 0) is 54.4 Å². The van der Waals surface area contributed by atoms with Crippen LogP contribution in [0.5, 0.6) is 0 Å². The number of alkyl halides is 3. The Kier molecular flexibility index (Phi) is 5.27. The fourth-order valence-corrected chi connectivity index (χ4v) is 3.52. The molecular weight excluding hydrogens is 406 g/mol. The van der Waals surface area contributed by atoms with E-state index in [-0.39, 0.29) is 12.4 Å². The molecule has 3 aromatic carbocycles. The van der Waals surface area contributed by atoms with Gasteiger partial charge in [0.2, 0.25) is 0 Å². The lowest BCUT2D eigenvalue weighted by atomic mass is 10.1. The molecule has 0 unspecified atom stereocenters. The van der Waals surface area contributed by atoms with Crippen molar-refractivity contribution in [3.63, 3.8) is 0 Å². The van der Waals surface area contributed by atoms with Crippen LogP contribution in [0.2, 0.25) is 0 Å². The highest BCUT2D eigenvalue weighted by Gasteiger charge is 2.30. The molecular formula is C24H19F4N3. The Morgan fingerprint density at radius 1 is 1.06 bits per heavy atom. The monoisotopic (exact) mass is 425 g/mol. The Labute approximate surface area is 176 Å². The van der Waals surface area contributed by atoms with E-state index in [1.54, 1.807) is 23.0 Å². The van der Waals surface area contributed by atoms with Gasteiger partial charge in [0.05, 0.1) is 23.0 Å². The number of hydrogen-bond donors (Lipinski definition) is 1. The smallest absolute Gasteiger partial charge is 0.381 e. The highest BCUT2D eigenvalue weighted by Crippen LogP contribution is 2.30. The van der Waals surface area contributed by atoms with Crippen LogP contribution in [0.1, 0.15) is 22.3 Å². The first-order valence-electron chi connectivity index (χ1n) is 9.56. The molecule has 0 atom stereocenters. The van der Waals surface area contributed by atoms with Gasteiger partial charge in [-0.3, -0.25) is 0 Å². The Hall–Kier alpha value is -3.61. The van der Waals surface area contributed by atoms with Gasteiger partial charge < -0.3 is 5.32 Å². The van der Waals surface area contributed by atoms with Crippen LogP contribution in [0, 0.1) is 12.7 Å². The van der Waals surface area contributed by atoms with E-state index in [0.29, 0.717) is 11.3 Å². The third kappa shape index (κ3) is 4.17. The number of aromatic nitrogens is 2. The normalized spacial score (nSPS) is 11.6. The Balaban J connectivity index is 1.60. The molecule has 1 aromatic heterocycles. The molecule has 0 aliphatic heterocycles. The van der Waals surface area contributed by atoms with Crippen molar-refractivity contribution in [1.29, 1.82) is 0 Å². The Morgan fingerprint density at radius 3 is 2.58 bits per heavy atom. The first kappa shape index (κ1) is 20.7. The number of halogens is 4. The zero-order chi connectivity index (χ0) is 22.2. The number of nitrogens with zero attached hydrogens (tertiary/aromatic N) is 2. The molecule has 0 saturated carbocycles. The van der Waals surface area contributed by atoms with Gasteiger partial charge in [-0.2, -0.15) is 18.3 Å². The van der Waals surface area contributed by atoms with E-state index in [0.717, 1.165) is 39.8 Å². The van der Waals surface area contributed by atoms with Crippen molar-refractivity contribution in [2.75, 3.05) is 0 Å². The van der Waals surface area contributed by atoms with Gasteiger partial charge in [0.1, 0.15) is 5.82 Å². The van der Waals surface area contributed by atoms with Crippen LogP contribution in [0.25, 0.3) is 22.3 Å². The van der Waals surface area contributed by atoms with Gasteiger partial charge >= 0.3 is 6.18 Å². The molecule has 0 spiro atoms. The van der Waals surface area contributed by atoms with Gasteiger partial charge in [0.15, 0.2) is 0 Å². The minimum atomic E-state index is -4.38. The molecule has 1 heterocycles. The molecule has 0 amide bonds. The van der Waals surface area contributed by atoms with Gasteiger partial charge in [-0.25, -0.2) is 9.07 Å². The van der Waals surface area contributed by atoms with E-state index in [9.17, 15) is 17.6 Å². The maximum atomic E-state index is 13.5. The molecule has 1 N–H and O–H groups in total. The second kappa shape index (κ2) is 7.91. The molecule has 0 bridgehead atoms. The highest BCUT2D eigenvalue weighted by molar-refractivity contribution is 5.91. The molecule has 0 radical (unpaired) electrons. The summed E-state index contributed by atoms with van der Waals surface area (Å²) in [5, 5.41) is 8.39. The largest absolute Gasteiger partial charge is 0.416 e. The fourth-order valence-electron chi connectivity index (χ4n) is 3.52. The molecule has 31 heavy (non-hydrogen) atoms. The third-order valence-electron chi connectivity index (χ3n) is 5.09. The van der Waals surface area contributed by atoms with Gasteiger partial charge in [-0.1, -0.05) is 30.8 Å². The van der Waals surface area contributed by atoms with Gasteiger partial charge in [0.25, 0.3) is 0 Å². The molecule has 3 nitrogen and oxygen atoms in total. The summed E-state index contributed by atoms with van der Waals surface area (Å²) in [5.41, 5.74) is 3.49. The standard InChI is InChI=1S/C24H19F4N3/c1-15-11-19(25)9-10-22(15)31-23-8-4-7-20(21(23)14-30-31)16(2)29-13-17-5-3-6-18(12-17)24(26,27)28/h3-12,14,29H,2,13H2,1H3. The summed E-state index contributed by atoms with van der Waals surface area (Å²) < 4.78 is 54.0. The first-order chi connectivity index (χ1) is 14.7. The van der Waals surface area contributed by atoms with Crippen molar-refractivity contribution in [3.05, 3.63) is 102 Å². The molecule has 0 fully saturated rings. The minimum absolute atomic E-state index is 0.199. The van der Waals surface area contributed by atoms with Crippen LogP contribution in [0.3, 0.4) is 0 Å². The van der Waals surface area contributed by atoms with Crippen molar-refractivity contribution >= 4 is 16.6 Å². The number of hydrogen-bond acceptors (Lipinski definition) is 2. The summed E-state index contributed by atoms with van der Waals surface area (Å²) in [6.07, 6.45) is -2.68. The summed E-state index contributed by atoms with van der Waals surface area (Å²) in [6, 6.07) is 15.3. The highest BCUT2D eigenvalue weighted by atomic mass is 19.4. The van der Waals surface area contributed by atoms with Gasteiger partial charge in [-0.15, -0.1) is 0 Å². The summed E-state index contributed by atoms with van der Waals surface area (Å²) in [6.45, 7) is 6.06. The number of aryl methyl sites for hydroxylation is 1. The van der Waals surface area contributed by atoms with E-state index >= 15 is 0 Å². The SMILES string of the molecule is C=C(NCc1cccc(C(F)(F)F)c1)c1cccc2c1cnn2-c1ccc(F)cc1C. The van der Waals surface area contributed by atoms with Crippen molar-refractivity contribution in [2.45, 2.75) is 19.6 Å². The zero-order valence-electron chi connectivity index (χ0n) is 16.7. The van der Waals surface area contributed by atoms with E-state index in [1.807, 2.05) is 25.1 Å². The molecule has 4 aromatic rings. The van der Waals surface area contributed by atoms with E-state index in [1.165, 1.54) is 18.2 Å². The number of rotatable bonds is 5. The summed E-state index contributed by atoms with van der Waals surface area (Å²) in [4.78, 5) is 0. The molecule has 0 aliphatic carbocycles. The van der Waals surface area contributed by atoms with Gasteiger partial charge in [0, 0.05) is 23.2 Å². The average Bonchev–Trinajstić information content (AvgIpc) is 3.15. The van der Waals surface area contributed by atoms with Crippen LogP contribution >= 0.6 is 0 Å². The van der Waals surface area contributed by atoms with Crippen LogP contribution in [0.15, 0.2) is 73.4 Å². The number of fused-ring (bicyclic) bond motifs is 1. The van der Waals surface area contributed by atoms with Crippen molar-refractivity contribution < 1.29 is 17.6 Å². The third-order valence-corrected chi connectivity index (χ3v) is 5.09. The Morgan fingerprint density at radius 2 is 1.84 bits per heavy atom. The molecule has 0 saturated heterocycles. The molecule has 158 valence electrons. The summed E-state index contributed by atoms with van der Waals surface area (Å²) in [7, 11) is 0. The van der Waals surface area contributed by atoms with Crippen molar-refractivity contribution in [2.24, 2.45) is 0 Å². The molecule has 7 heteroatoms. The van der Waals surface area contributed by atoms with Crippen LogP contribution in [-0.4, -0.2) is 9.78 Å². The first-order valence-corrected chi connectivity index (χ1v) is 9.56. The second-order valence-corrected chi connectivity index (χ2v) is 7.26. The zero-order valence-corrected chi connectivity index (χ0v) is 16.7.